The molecule has 1 aliphatic heterocycles. The van der Waals surface area contributed by atoms with Gasteiger partial charge in [-0.25, -0.2) is 4.98 Å². The number of hydrogen-bond acceptors (Lipinski definition) is 4. The first kappa shape index (κ1) is 13.1. The fourth-order valence-electron chi connectivity index (χ4n) is 2.77. The second-order valence-electron chi connectivity index (χ2n) is 5.48. The van der Waals surface area contributed by atoms with Gasteiger partial charge in [0.1, 0.15) is 5.82 Å². The molecule has 3 unspecified atom stereocenters. The molecule has 1 aromatic rings. The Hall–Kier alpha value is -1.32. The lowest BCUT2D eigenvalue weighted by Crippen LogP contribution is -2.46. The van der Waals surface area contributed by atoms with Crippen LogP contribution in [0.1, 0.15) is 34.1 Å². The molecular formula is C14H24N4. The van der Waals surface area contributed by atoms with Crippen LogP contribution in [0.3, 0.4) is 0 Å². The van der Waals surface area contributed by atoms with E-state index in [0.29, 0.717) is 12.0 Å². The summed E-state index contributed by atoms with van der Waals surface area (Å²) < 4.78 is 0. The third-order valence-corrected chi connectivity index (χ3v) is 3.87. The molecule has 1 saturated heterocycles. The molecule has 2 rings (SSSR count). The van der Waals surface area contributed by atoms with Crippen LogP contribution in [0, 0.1) is 11.8 Å². The molecule has 4 heteroatoms. The van der Waals surface area contributed by atoms with Gasteiger partial charge in [-0.05, 0) is 38.2 Å². The summed E-state index contributed by atoms with van der Waals surface area (Å²) in [4.78, 5) is 11.3. The molecule has 1 aromatic heterocycles. The fraction of sp³-hybridized carbons (Fsp3) is 0.714. The average molecular weight is 248 g/mol. The molecule has 0 amide bonds. The SMILES string of the molecule is CCNc1nccc(N2CC(C)CC(C)C2C)n1. The van der Waals surface area contributed by atoms with Gasteiger partial charge in [0.25, 0.3) is 0 Å². The summed E-state index contributed by atoms with van der Waals surface area (Å²) >= 11 is 0. The summed E-state index contributed by atoms with van der Waals surface area (Å²) in [5.74, 6) is 3.22. The van der Waals surface area contributed by atoms with Gasteiger partial charge in [-0.2, -0.15) is 4.98 Å². The molecule has 1 aliphatic rings. The van der Waals surface area contributed by atoms with E-state index in [2.05, 4.69) is 47.9 Å². The molecule has 3 atom stereocenters. The Morgan fingerprint density at radius 3 is 2.89 bits per heavy atom. The lowest BCUT2D eigenvalue weighted by Gasteiger charge is -2.41. The zero-order valence-corrected chi connectivity index (χ0v) is 11.8. The van der Waals surface area contributed by atoms with Crippen LogP contribution in [-0.4, -0.2) is 29.1 Å². The molecule has 1 N–H and O–H groups in total. The second-order valence-corrected chi connectivity index (χ2v) is 5.48. The highest BCUT2D eigenvalue weighted by molar-refractivity contribution is 5.44. The minimum atomic E-state index is 0.547. The van der Waals surface area contributed by atoms with Crippen molar-refractivity contribution in [3.63, 3.8) is 0 Å². The van der Waals surface area contributed by atoms with Gasteiger partial charge in [0, 0.05) is 25.3 Å². The standard InChI is InChI=1S/C14H24N4/c1-5-15-14-16-7-6-13(17-14)18-9-10(2)8-11(3)12(18)4/h6-7,10-12H,5,8-9H2,1-4H3,(H,15,16,17). The predicted octanol–water partition coefficient (Wildman–Crippen LogP) is 2.78. The molecule has 0 bridgehead atoms. The van der Waals surface area contributed by atoms with E-state index in [1.54, 1.807) is 0 Å². The van der Waals surface area contributed by atoms with E-state index >= 15 is 0 Å². The van der Waals surface area contributed by atoms with Crippen molar-refractivity contribution in [2.75, 3.05) is 23.3 Å². The Bertz CT molecular complexity index is 393. The quantitative estimate of drug-likeness (QED) is 0.893. The normalized spacial score (nSPS) is 28.2. The van der Waals surface area contributed by atoms with Crippen molar-refractivity contribution in [1.82, 2.24) is 9.97 Å². The van der Waals surface area contributed by atoms with E-state index in [0.717, 1.165) is 30.8 Å². The largest absolute Gasteiger partial charge is 0.354 e. The number of anilines is 2. The first-order valence-corrected chi connectivity index (χ1v) is 6.95. The van der Waals surface area contributed by atoms with Gasteiger partial charge in [-0.15, -0.1) is 0 Å². The van der Waals surface area contributed by atoms with E-state index < -0.39 is 0 Å². The zero-order valence-electron chi connectivity index (χ0n) is 11.8. The van der Waals surface area contributed by atoms with Gasteiger partial charge < -0.3 is 10.2 Å². The van der Waals surface area contributed by atoms with Crippen LogP contribution in [-0.2, 0) is 0 Å². The molecule has 4 nitrogen and oxygen atoms in total. The van der Waals surface area contributed by atoms with Crippen molar-refractivity contribution in [2.24, 2.45) is 11.8 Å². The molecule has 0 radical (unpaired) electrons. The highest BCUT2D eigenvalue weighted by Crippen LogP contribution is 2.30. The lowest BCUT2D eigenvalue weighted by molar-refractivity contribution is 0.295. The molecule has 2 heterocycles. The summed E-state index contributed by atoms with van der Waals surface area (Å²) in [7, 11) is 0. The van der Waals surface area contributed by atoms with Gasteiger partial charge in [0.2, 0.25) is 5.95 Å². The maximum Gasteiger partial charge on any atom is 0.224 e. The molecule has 0 spiro atoms. The number of aromatic nitrogens is 2. The van der Waals surface area contributed by atoms with Crippen LogP contribution >= 0.6 is 0 Å². The lowest BCUT2D eigenvalue weighted by atomic mass is 9.86. The van der Waals surface area contributed by atoms with E-state index in [1.165, 1.54) is 6.42 Å². The Morgan fingerprint density at radius 1 is 1.39 bits per heavy atom. The fourth-order valence-corrected chi connectivity index (χ4v) is 2.77. The van der Waals surface area contributed by atoms with Crippen LogP contribution in [0.5, 0.6) is 0 Å². The van der Waals surface area contributed by atoms with Crippen molar-refractivity contribution in [3.8, 4) is 0 Å². The monoisotopic (exact) mass is 248 g/mol. The smallest absolute Gasteiger partial charge is 0.224 e. The minimum Gasteiger partial charge on any atom is -0.354 e. The topological polar surface area (TPSA) is 41.1 Å². The highest BCUT2D eigenvalue weighted by atomic mass is 15.3. The van der Waals surface area contributed by atoms with E-state index in [1.807, 2.05) is 12.3 Å². The third kappa shape index (κ3) is 2.74. The highest BCUT2D eigenvalue weighted by Gasteiger charge is 2.29. The van der Waals surface area contributed by atoms with Gasteiger partial charge in [0.15, 0.2) is 0 Å². The molecule has 1 fully saturated rings. The maximum atomic E-state index is 4.61. The summed E-state index contributed by atoms with van der Waals surface area (Å²) in [6, 6.07) is 2.56. The number of nitrogens with zero attached hydrogens (tertiary/aromatic N) is 3. The summed E-state index contributed by atoms with van der Waals surface area (Å²) in [5.41, 5.74) is 0. The first-order valence-electron chi connectivity index (χ1n) is 6.95. The van der Waals surface area contributed by atoms with Gasteiger partial charge >= 0.3 is 0 Å². The molecule has 100 valence electrons. The second kappa shape index (κ2) is 5.55. The van der Waals surface area contributed by atoms with Crippen molar-refractivity contribution in [2.45, 2.75) is 40.2 Å². The Balaban J connectivity index is 2.20. The van der Waals surface area contributed by atoms with E-state index in [-0.39, 0.29) is 0 Å². The Kier molecular flexibility index (Phi) is 4.04. The van der Waals surface area contributed by atoms with Crippen LogP contribution in [0.4, 0.5) is 11.8 Å². The molecule has 0 saturated carbocycles. The van der Waals surface area contributed by atoms with Crippen LogP contribution in [0.25, 0.3) is 0 Å². The average Bonchev–Trinajstić information content (AvgIpc) is 2.34. The van der Waals surface area contributed by atoms with Crippen LogP contribution < -0.4 is 10.2 Å². The summed E-state index contributed by atoms with van der Waals surface area (Å²) in [6.45, 7) is 11.0. The van der Waals surface area contributed by atoms with Gasteiger partial charge in [-0.3, -0.25) is 0 Å². The maximum absolute atomic E-state index is 4.61. The van der Waals surface area contributed by atoms with E-state index in [9.17, 15) is 0 Å². The number of rotatable bonds is 3. The Labute approximate surface area is 110 Å². The summed E-state index contributed by atoms with van der Waals surface area (Å²) in [5, 5.41) is 3.18. The Morgan fingerprint density at radius 2 is 2.17 bits per heavy atom. The predicted molar refractivity (Wildman–Crippen MR) is 75.9 cm³/mol. The molecule has 0 aromatic carbocycles. The number of hydrogen-bond donors (Lipinski definition) is 1. The van der Waals surface area contributed by atoms with Crippen LogP contribution in [0.2, 0.25) is 0 Å². The van der Waals surface area contributed by atoms with Crippen molar-refractivity contribution < 1.29 is 0 Å². The first-order chi connectivity index (χ1) is 8.61. The van der Waals surface area contributed by atoms with Crippen molar-refractivity contribution in [3.05, 3.63) is 12.3 Å². The number of piperidine rings is 1. The molecule has 0 aliphatic carbocycles. The number of nitrogens with one attached hydrogen (secondary N) is 1. The summed E-state index contributed by atoms with van der Waals surface area (Å²) in [6.07, 6.45) is 3.15. The minimum absolute atomic E-state index is 0.547. The zero-order chi connectivity index (χ0) is 13.1. The van der Waals surface area contributed by atoms with Gasteiger partial charge in [0.05, 0.1) is 0 Å². The molecular weight excluding hydrogens is 224 g/mol. The van der Waals surface area contributed by atoms with E-state index in [4.69, 9.17) is 0 Å². The van der Waals surface area contributed by atoms with Crippen LogP contribution in [0.15, 0.2) is 12.3 Å². The van der Waals surface area contributed by atoms with Crippen molar-refractivity contribution >= 4 is 11.8 Å². The van der Waals surface area contributed by atoms with Crippen molar-refractivity contribution in [1.29, 1.82) is 0 Å². The molecule has 18 heavy (non-hydrogen) atoms. The van der Waals surface area contributed by atoms with Gasteiger partial charge in [-0.1, -0.05) is 13.8 Å². The third-order valence-electron chi connectivity index (χ3n) is 3.87.